The average Bonchev–Trinajstić information content (AvgIpc) is 3.65. The SMILES string of the molecule is CS(=O)(=O)c1ccc([C@H](CO)C(=O)Cc2cc(Cl)c(-c3ccc(S(=O)(=O)C4CC4)cc3)c(Cl)c2)cc1. The van der Waals surface area contributed by atoms with Gasteiger partial charge in [0.25, 0.3) is 0 Å². The summed E-state index contributed by atoms with van der Waals surface area (Å²) < 4.78 is 48.2. The first-order chi connectivity index (χ1) is 16.9. The zero-order valence-corrected chi connectivity index (χ0v) is 22.5. The molecule has 36 heavy (non-hydrogen) atoms. The fourth-order valence-electron chi connectivity index (χ4n) is 4.05. The van der Waals surface area contributed by atoms with Gasteiger partial charge >= 0.3 is 0 Å². The lowest BCUT2D eigenvalue weighted by Crippen LogP contribution is -2.18. The van der Waals surface area contributed by atoms with Crippen LogP contribution in [0.25, 0.3) is 11.1 Å². The Morgan fingerprint density at radius 3 is 1.92 bits per heavy atom. The standard InChI is InChI=1S/C26H24Cl2O6S2/c1-35(31,32)19-6-2-17(3-7-19)22(15-29)25(30)14-16-12-23(27)26(24(28)13-16)18-4-8-20(9-5-18)36(33,34)21-10-11-21/h2-9,12-13,21-22,29H,10-11,14-15H2,1H3/t22-/m0/s1. The van der Waals surface area contributed by atoms with Crippen molar-refractivity contribution in [3.05, 3.63) is 81.8 Å². The molecule has 0 saturated heterocycles. The minimum atomic E-state index is -3.37. The third kappa shape index (κ3) is 5.68. The number of hydrogen-bond acceptors (Lipinski definition) is 6. The largest absolute Gasteiger partial charge is 0.395 e. The summed E-state index contributed by atoms with van der Waals surface area (Å²) in [5.41, 5.74) is 2.24. The minimum Gasteiger partial charge on any atom is -0.395 e. The Kier molecular flexibility index (Phi) is 7.65. The van der Waals surface area contributed by atoms with E-state index in [1.165, 1.54) is 24.3 Å². The van der Waals surface area contributed by atoms with Crippen molar-refractivity contribution in [2.75, 3.05) is 12.9 Å². The Labute approximate surface area is 220 Å². The van der Waals surface area contributed by atoms with Crippen molar-refractivity contribution in [2.45, 2.75) is 40.2 Å². The molecule has 0 aliphatic heterocycles. The van der Waals surface area contributed by atoms with E-state index in [4.69, 9.17) is 23.2 Å². The van der Waals surface area contributed by atoms with Crippen LogP contribution in [0.2, 0.25) is 10.0 Å². The molecule has 1 N–H and O–H groups in total. The van der Waals surface area contributed by atoms with E-state index in [1.807, 2.05) is 0 Å². The summed E-state index contributed by atoms with van der Waals surface area (Å²) in [6, 6.07) is 15.5. The lowest BCUT2D eigenvalue weighted by molar-refractivity contribution is -0.120. The number of rotatable bonds is 9. The third-order valence-electron chi connectivity index (χ3n) is 6.20. The van der Waals surface area contributed by atoms with Crippen LogP contribution in [0.5, 0.6) is 0 Å². The van der Waals surface area contributed by atoms with Crippen LogP contribution in [0.15, 0.2) is 70.5 Å². The maximum absolute atomic E-state index is 13.0. The molecule has 3 aromatic rings. The molecule has 0 radical (unpaired) electrons. The van der Waals surface area contributed by atoms with Gasteiger partial charge in [-0.3, -0.25) is 4.79 Å². The molecule has 0 spiro atoms. The van der Waals surface area contributed by atoms with E-state index in [2.05, 4.69) is 0 Å². The van der Waals surface area contributed by atoms with Gasteiger partial charge in [-0.2, -0.15) is 0 Å². The number of benzene rings is 3. The highest BCUT2D eigenvalue weighted by atomic mass is 35.5. The summed E-state index contributed by atoms with van der Waals surface area (Å²) in [6.45, 7) is -0.438. The number of aliphatic hydroxyl groups excluding tert-OH is 1. The van der Waals surface area contributed by atoms with Gasteiger partial charge in [-0.05, 0) is 65.9 Å². The molecule has 0 aromatic heterocycles. The van der Waals surface area contributed by atoms with Crippen molar-refractivity contribution < 1.29 is 26.7 Å². The summed E-state index contributed by atoms with van der Waals surface area (Å²) in [5.74, 6) is -1.11. The number of carbonyl (C=O) groups excluding carboxylic acids is 1. The second-order valence-electron chi connectivity index (χ2n) is 8.92. The average molecular weight is 568 g/mol. The van der Waals surface area contributed by atoms with Crippen LogP contribution in [-0.2, 0) is 30.9 Å². The van der Waals surface area contributed by atoms with Gasteiger partial charge in [-0.1, -0.05) is 47.5 Å². The van der Waals surface area contributed by atoms with Crippen LogP contribution < -0.4 is 0 Å². The number of carbonyl (C=O) groups is 1. The van der Waals surface area contributed by atoms with E-state index in [0.29, 0.717) is 45.1 Å². The van der Waals surface area contributed by atoms with Gasteiger partial charge in [0.15, 0.2) is 19.7 Å². The van der Waals surface area contributed by atoms with Gasteiger partial charge in [0.2, 0.25) is 0 Å². The molecular weight excluding hydrogens is 543 g/mol. The van der Waals surface area contributed by atoms with Gasteiger partial charge in [0.1, 0.15) is 5.78 Å². The molecule has 1 fully saturated rings. The predicted octanol–water partition coefficient (Wildman–Crippen LogP) is 4.89. The summed E-state index contributed by atoms with van der Waals surface area (Å²) in [6.07, 6.45) is 2.42. The van der Waals surface area contributed by atoms with Crippen molar-refractivity contribution in [2.24, 2.45) is 0 Å². The topological polar surface area (TPSA) is 106 Å². The lowest BCUT2D eigenvalue weighted by Gasteiger charge is -2.15. The highest BCUT2D eigenvalue weighted by Crippen LogP contribution is 2.38. The smallest absolute Gasteiger partial charge is 0.181 e. The number of hydrogen-bond donors (Lipinski definition) is 1. The van der Waals surface area contributed by atoms with E-state index in [-0.39, 0.29) is 27.2 Å². The van der Waals surface area contributed by atoms with E-state index >= 15 is 0 Å². The van der Waals surface area contributed by atoms with E-state index in [0.717, 1.165) is 6.26 Å². The molecule has 1 aliphatic rings. The second kappa shape index (κ2) is 10.3. The predicted molar refractivity (Wildman–Crippen MR) is 140 cm³/mol. The molecule has 1 saturated carbocycles. The fourth-order valence-corrected chi connectivity index (χ4v) is 7.09. The Morgan fingerprint density at radius 1 is 0.917 bits per heavy atom. The molecule has 190 valence electrons. The van der Waals surface area contributed by atoms with Gasteiger partial charge in [0, 0.05) is 18.2 Å². The number of Topliss-reactive ketones (excluding diaryl/α,β-unsaturated/α-hetero) is 1. The van der Waals surface area contributed by atoms with Crippen LogP contribution >= 0.6 is 23.2 Å². The lowest BCUT2D eigenvalue weighted by atomic mass is 9.91. The molecular formula is C26H24Cl2O6S2. The number of halogens is 2. The summed E-state index contributed by atoms with van der Waals surface area (Å²) in [5, 5.41) is 10.2. The molecule has 0 unspecified atom stereocenters. The van der Waals surface area contributed by atoms with Gasteiger partial charge in [-0.25, -0.2) is 16.8 Å². The first kappa shape index (κ1) is 26.8. The van der Waals surface area contributed by atoms with Crippen molar-refractivity contribution in [1.82, 2.24) is 0 Å². The van der Waals surface area contributed by atoms with Crippen molar-refractivity contribution in [3.63, 3.8) is 0 Å². The fraction of sp³-hybridized carbons (Fsp3) is 0.269. The maximum Gasteiger partial charge on any atom is 0.181 e. The molecule has 3 aromatic carbocycles. The Morgan fingerprint density at radius 2 is 1.44 bits per heavy atom. The van der Waals surface area contributed by atoms with E-state index in [9.17, 15) is 26.7 Å². The highest BCUT2D eigenvalue weighted by molar-refractivity contribution is 7.92. The number of sulfone groups is 2. The maximum atomic E-state index is 13.0. The number of aliphatic hydroxyl groups is 1. The van der Waals surface area contributed by atoms with Crippen LogP contribution in [0.1, 0.15) is 29.9 Å². The first-order valence-electron chi connectivity index (χ1n) is 11.2. The van der Waals surface area contributed by atoms with Gasteiger partial charge in [0.05, 0.1) is 37.6 Å². The Bertz CT molecular complexity index is 1490. The summed E-state index contributed by atoms with van der Waals surface area (Å²) in [4.78, 5) is 13.4. The highest BCUT2D eigenvalue weighted by Gasteiger charge is 2.36. The minimum absolute atomic E-state index is 0.0443. The summed E-state index contributed by atoms with van der Waals surface area (Å²) in [7, 11) is -6.68. The zero-order valence-electron chi connectivity index (χ0n) is 19.3. The molecule has 0 heterocycles. The molecule has 1 atom stereocenters. The molecule has 10 heteroatoms. The van der Waals surface area contributed by atoms with Crippen molar-refractivity contribution in [1.29, 1.82) is 0 Å². The normalized spacial score (nSPS) is 15.0. The summed E-state index contributed by atoms with van der Waals surface area (Å²) >= 11 is 13.0. The first-order valence-corrected chi connectivity index (χ1v) is 15.4. The Hall–Kier alpha value is -2.23. The second-order valence-corrected chi connectivity index (χ2v) is 14.0. The molecule has 0 bridgehead atoms. The molecule has 1 aliphatic carbocycles. The quantitative estimate of drug-likeness (QED) is 0.395. The van der Waals surface area contributed by atoms with Crippen LogP contribution in [0.3, 0.4) is 0 Å². The monoisotopic (exact) mass is 566 g/mol. The van der Waals surface area contributed by atoms with Crippen LogP contribution in [0, 0.1) is 0 Å². The van der Waals surface area contributed by atoms with Gasteiger partial charge in [-0.15, -0.1) is 0 Å². The third-order valence-corrected chi connectivity index (χ3v) is 10.2. The van der Waals surface area contributed by atoms with Crippen LogP contribution in [0.4, 0.5) is 0 Å². The zero-order chi connectivity index (χ0) is 26.3. The molecule has 0 amide bonds. The van der Waals surface area contributed by atoms with E-state index < -0.39 is 32.2 Å². The number of ketones is 1. The van der Waals surface area contributed by atoms with Crippen molar-refractivity contribution in [3.8, 4) is 11.1 Å². The Balaban J connectivity index is 1.54. The van der Waals surface area contributed by atoms with E-state index in [1.54, 1.807) is 36.4 Å². The van der Waals surface area contributed by atoms with Crippen molar-refractivity contribution >= 4 is 48.7 Å². The van der Waals surface area contributed by atoms with Crippen LogP contribution in [-0.4, -0.2) is 45.8 Å². The van der Waals surface area contributed by atoms with Gasteiger partial charge < -0.3 is 5.11 Å². The molecule has 4 rings (SSSR count). The molecule has 6 nitrogen and oxygen atoms in total.